The number of hydrogen-bond acceptors (Lipinski definition) is 0. The summed E-state index contributed by atoms with van der Waals surface area (Å²) in [4.78, 5) is 0. The van der Waals surface area contributed by atoms with Gasteiger partial charge >= 0.3 is 0 Å². The molecule has 0 amide bonds. The zero-order chi connectivity index (χ0) is 48.3. The van der Waals surface area contributed by atoms with Crippen LogP contribution in [0.25, 0.3) is 110 Å². The van der Waals surface area contributed by atoms with E-state index in [9.17, 15) is 0 Å². The van der Waals surface area contributed by atoms with Crippen molar-refractivity contribution in [3.05, 3.63) is 313 Å². The van der Waals surface area contributed by atoms with Crippen molar-refractivity contribution in [2.75, 3.05) is 0 Å². The number of hydrogen-bond donors (Lipinski definition) is 0. The van der Waals surface area contributed by atoms with E-state index in [0.717, 1.165) is 0 Å². The standard InChI is InChI=1S/C73H48/c1-4-20-49(21-5-1)57-44-58(50-22-6-2-7-23-50)46-59(45-57)52-36-38-54(39-37-52)71-64-30-12-14-32-66(64)72(67-33-15-13-31-65(67)71)56-41-43-63-62-29-17-19-35-69(62)73(70(63)48-56,60-42-40-51-24-10-11-27-55(51)47-60)68-34-18-16-28-61(68)53-25-8-3-9-26-53/h1-48H. The predicted octanol–water partition coefficient (Wildman–Crippen LogP) is 19.5. The van der Waals surface area contributed by atoms with Gasteiger partial charge in [0, 0.05) is 0 Å². The van der Waals surface area contributed by atoms with Gasteiger partial charge in [0.2, 0.25) is 0 Å². The fraction of sp³-hybridized carbons (Fsp3) is 0.0137. The Balaban J connectivity index is 0.972. The first-order valence-electron chi connectivity index (χ1n) is 25.4. The molecule has 0 fully saturated rings. The summed E-state index contributed by atoms with van der Waals surface area (Å²) in [7, 11) is 0. The molecule has 0 heteroatoms. The Labute approximate surface area is 426 Å². The molecule has 13 aromatic rings. The molecule has 0 aromatic heterocycles. The smallest absolute Gasteiger partial charge is 0.0622 e. The maximum Gasteiger partial charge on any atom is 0.0719 e. The van der Waals surface area contributed by atoms with Crippen LogP contribution in [0.4, 0.5) is 0 Å². The highest BCUT2D eigenvalue weighted by Crippen LogP contribution is 2.59. The van der Waals surface area contributed by atoms with Gasteiger partial charge in [-0.2, -0.15) is 0 Å². The maximum atomic E-state index is 2.54. The summed E-state index contributed by atoms with van der Waals surface area (Å²) in [6.45, 7) is 0. The third-order valence-electron chi connectivity index (χ3n) is 15.5. The first-order chi connectivity index (χ1) is 36.2. The molecule has 340 valence electrons. The lowest BCUT2D eigenvalue weighted by Gasteiger charge is -2.36. The Hall–Kier alpha value is -9.36. The van der Waals surface area contributed by atoms with Crippen molar-refractivity contribution in [1.82, 2.24) is 0 Å². The molecule has 0 aliphatic heterocycles. The molecule has 0 radical (unpaired) electrons. The summed E-state index contributed by atoms with van der Waals surface area (Å²) in [6, 6.07) is 108. The van der Waals surface area contributed by atoms with E-state index < -0.39 is 5.41 Å². The van der Waals surface area contributed by atoms with Crippen molar-refractivity contribution in [2.24, 2.45) is 0 Å². The predicted molar refractivity (Wildman–Crippen MR) is 309 cm³/mol. The fourth-order valence-electron chi connectivity index (χ4n) is 12.3. The highest BCUT2D eigenvalue weighted by atomic mass is 14.5. The molecule has 1 atom stereocenters. The van der Waals surface area contributed by atoms with E-state index in [2.05, 4.69) is 291 Å². The van der Waals surface area contributed by atoms with E-state index in [0.29, 0.717) is 0 Å². The van der Waals surface area contributed by atoms with Gasteiger partial charge in [0.25, 0.3) is 0 Å². The molecule has 0 saturated carbocycles. The van der Waals surface area contributed by atoms with Crippen LogP contribution in [0.1, 0.15) is 22.3 Å². The monoisotopic (exact) mass is 924 g/mol. The molecule has 0 nitrogen and oxygen atoms in total. The molecule has 0 heterocycles. The fourth-order valence-corrected chi connectivity index (χ4v) is 12.3. The second-order valence-electron chi connectivity index (χ2n) is 19.5. The summed E-state index contributed by atoms with van der Waals surface area (Å²) in [6.07, 6.45) is 0. The van der Waals surface area contributed by atoms with Crippen molar-refractivity contribution in [2.45, 2.75) is 5.41 Å². The molecule has 13 aromatic carbocycles. The van der Waals surface area contributed by atoms with E-state index in [1.165, 1.54) is 132 Å². The van der Waals surface area contributed by atoms with Crippen LogP contribution in [0.2, 0.25) is 0 Å². The number of benzene rings is 13. The van der Waals surface area contributed by atoms with Crippen molar-refractivity contribution < 1.29 is 0 Å². The SMILES string of the molecule is c1ccc(-c2cc(-c3ccccc3)cc(-c3ccc(-c4c5ccccc5c(-c5ccc6c(c5)C(c5ccc7ccccc7c5)(c5ccccc5-c5ccccc5)c5ccccc5-6)c5ccccc45)cc3)c2)cc1. The van der Waals surface area contributed by atoms with Gasteiger partial charge in [-0.15, -0.1) is 0 Å². The van der Waals surface area contributed by atoms with Crippen LogP contribution in [0.5, 0.6) is 0 Å². The zero-order valence-corrected chi connectivity index (χ0v) is 40.2. The molecule has 0 N–H and O–H groups in total. The molecule has 0 saturated heterocycles. The molecule has 1 aliphatic rings. The number of rotatable bonds is 8. The molecule has 0 bridgehead atoms. The van der Waals surface area contributed by atoms with Gasteiger partial charge in [-0.3, -0.25) is 0 Å². The minimum absolute atomic E-state index is 0.631. The summed E-state index contributed by atoms with van der Waals surface area (Å²) < 4.78 is 0. The molecule has 0 spiro atoms. The normalized spacial score (nSPS) is 13.8. The average molecular weight is 925 g/mol. The van der Waals surface area contributed by atoms with Crippen LogP contribution in [-0.2, 0) is 5.41 Å². The van der Waals surface area contributed by atoms with Crippen LogP contribution in [-0.4, -0.2) is 0 Å². The quantitative estimate of drug-likeness (QED) is 0.133. The lowest BCUT2D eigenvalue weighted by molar-refractivity contribution is 0.772. The first-order valence-corrected chi connectivity index (χ1v) is 25.4. The highest BCUT2D eigenvalue weighted by molar-refractivity contribution is 6.21. The van der Waals surface area contributed by atoms with Crippen molar-refractivity contribution >= 4 is 32.3 Å². The van der Waals surface area contributed by atoms with Crippen molar-refractivity contribution in [1.29, 1.82) is 0 Å². The average Bonchev–Trinajstić information content (AvgIpc) is 3.77. The van der Waals surface area contributed by atoms with E-state index in [1.54, 1.807) is 0 Å². The highest BCUT2D eigenvalue weighted by Gasteiger charge is 2.47. The van der Waals surface area contributed by atoms with Gasteiger partial charge in [0.05, 0.1) is 5.41 Å². The van der Waals surface area contributed by atoms with Gasteiger partial charge in [-0.05, 0) is 163 Å². The van der Waals surface area contributed by atoms with E-state index in [1.807, 2.05) is 0 Å². The molecule has 73 heavy (non-hydrogen) atoms. The van der Waals surface area contributed by atoms with Gasteiger partial charge in [0.1, 0.15) is 0 Å². The Morgan fingerprint density at radius 3 is 1.16 bits per heavy atom. The molecular weight excluding hydrogens is 877 g/mol. The van der Waals surface area contributed by atoms with Gasteiger partial charge in [-0.1, -0.05) is 261 Å². The second kappa shape index (κ2) is 17.5. The van der Waals surface area contributed by atoms with Gasteiger partial charge < -0.3 is 0 Å². The van der Waals surface area contributed by atoms with E-state index in [4.69, 9.17) is 0 Å². The van der Waals surface area contributed by atoms with Crippen molar-refractivity contribution in [3.8, 4) is 77.9 Å². The maximum absolute atomic E-state index is 2.54. The number of fused-ring (bicyclic) bond motifs is 6. The van der Waals surface area contributed by atoms with E-state index in [-0.39, 0.29) is 0 Å². The van der Waals surface area contributed by atoms with Crippen LogP contribution in [0.3, 0.4) is 0 Å². The molecule has 14 rings (SSSR count). The Bertz CT molecular complexity index is 4110. The van der Waals surface area contributed by atoms with Crippen molar-refractivity contribution in [3.63, 3.8) is 0 Å². The lowest BCUT2D eigenvalue weighted by atomic mass is 9.65. The molecular formula is C73H48. The molecule has 1 unspecified atom stereocenters. The Morgan fingerprint density at radius 2 is 0.589 bits per heavy atom. The van der Waals surface area contributed by atoms with Crippen LogP contribution in [0.15, 0.2) is 291 Å². The van der Waals surface area contributed by atoms with Crippen LogP contribution >= 0.6 is 0 Å². The van der Waals surface area contributed by atoms with Crippen LogP contribution < -0.4 is 0 Å². The summed E-state index contributed by atoms with van der Waals surface area (Å²) in [5.41, 5.74) is 21.6. The second-order valence-corrected chi connectivity index (χ2v) is 19.5. The summed E-state index contributed by atoms with van der Waals surface area (Å²) in [5, 5.41) is 7.41. The van der Waals surface area contributed by atoms with Gasteiger partial charge in [-0.25, -0.2) is 0 Å². The molecule has 1 aliphatic carbocycles. The largest absolute Gasteiger partial charge is 0.0719 e. The van der Waals surface area contributed by atoms with E-state index >= 15 is 0 Å². The third kappa shape index (κ3) is 6.98. The lowest BCUT2D eigenvalue weighted by Crippen LogP contribution is -2.29. The summed E-state index contributed by atoms with van der Waals surface area (Å²) >= 11 is 0. The third-order valence-corrected chi connectivity index (χ3v) is 15.5. The Morgan fingerprint density at radius 1 is 0.192 bits per heavy atom. The summed E-state index contributed by atoms with van der Waals surface area (Å²) in [5.74, 6) is 0. The Kier molecular flexibility index (Phi) is 10.2. The topological polar surface area (TPSA) is 0 Å². The van der Waals surface area contributed by atoms with Gasteiger partial charge in [0.15, 0.2) is 0 Å². The minimum Gasteiger partial charge on any atom is -0.0622 e. The van der Waals surface area contributed by atoms with Crippen LogP contribution in [0, 0.1) is 0 Å². The first kappa shape index (κ1) is 42.5. The zero-order valence-electron chi connectivity index (χ0n) is 40.2. The minimum atomic E-state index is -0.631.